The predicted molar refractivity (Wildman–Crippen MR) is 113 cm³/mol. The molecule has 1 aliphatic rings. The van der Waals surface area contributed by atoms with E-state index in [0.29, 0.717) is 5.02 Å². The monoisotopic (exact) mass is 396 g/mol. The number of hydrogen-bond donors (Lipinski definition) is 1. The van der Waals surface area contributed by atoms with Crippen LogP contribution in [-0.2, 0) is 0 Å². The molecular formula is C21H21ClN4S. The molecule has 2 aromatic heterocycles. The van der Waals surface area contributed by atoms with Crippen molar-refractivity contribution in [2.24, 2.45) is 0 Å². The summed E-state index contributed by atoms with van der Waals surface area (Å²) >= 11 is 11.9. The van der Waals surface area contributed by atoms with E-state index in [-0.39, 0.29) is 18.1 Å². The number of pyridine rings is 1. The van der Waals surface area contributed by atoms with Crippen molar-refractivity contribution in [3.05, 3.63) is 83.4 Å². The largest absolute Gasteiger partial charge is 0.352 e. The first-order valence-electron chi connectivity index (χ1n) is 8.99. The quantitative estimate of drug-likeness (QED) is 0.635. The fraction of sp³-hybridized carbons (Fsp3) is 0.238. The third-order valence-corrected chi connectivity index (χ3v) is 5.43. The number of halogens is 1. The van der Waals surface area contributed by atoms with Crippen LogP contribution in [0.3, 0.4) is 0 Å². The molecule has 3 aromatic rings. The predicted octanol–water partition coefficient (Wildman–Crippen LogP) is 4.91. The second-order valence-electron chi connectivity index (χ2n) is 6.91. The zero-order chi connectivity index (χ0) is 19.0. The van der Waals surface area contributed by atoms with Crippen LogP contribution in [0, 0.1) is 0 Å². The van der Waals surface area contributed by atoms with E-state index < -0.39 is 0 Å². The molecule has 3 heterocycles. The molecule has 1 fully saturated rings. The minimum absolute atomic E-state index is 0.0195. The summed E-state index contributed by atoms with van der Waals surface area (Å²) in [7, 11) is 0. The highest BCUT2D eigenvalue weighted by Gasteiger charge is 2.42. The molecule has 1 N–H and O–H groups in total. The molecule has 1 aromatic carbocycles. The van der Waals surface area contributed by atoms with Gasteiger partial charge in [-0.15, -0.1) is 0 Å². The second-order valence-corrected chi connectivity index (χ2v) is 7.73. The summed E-state index contributed by atoms with van der Waals surface area (Å²) in [5, 5.41) is 4.96. The molecule has 0 unspecified atom stereocenters. The molecular weight excluding hydrogens is 376 g/mol. The van der Waals surface area contributed by atoms with Crippen LogP contribution in [0.4, 0.5) is 0 Å². The Morgan fingerprint density at radius 2 is 1.96 bits per heavy atom. The second kappa shape index (κ2) is 7.33. The highest BCUT2D eigenvalue weighted by molar-refractivity contribution is 7.80. The van der Waals surface area contributed by atoms with E-state index in [1.165, 1.54) is 0 Å². The Hall–Kier alpha value is -2.37. The van der Waals surface area contributed by atoms with Gasteiger partial charge < -0.3 is 14.8 Å². The van der Waals surface area contributed by atoms with Gasteiger partial charge in [-0.05, 0) is 68.5 Å². The first kappa shape index (κ1) is 18.0. The molecule has 0 amide bonds. The molecule has 1 saturated heterocycles. The Balaban J connectivity index is 1.84. The Bertz CT molecular complexity index is 954. The normalized spacial score (nSPS) is 19.6. The van der Waals surface area contributed by atoms with Crippen molar-refractivity contribution < 1.29 is 0 Å². The number of hydrogen-bond acceptors (Lipinski definition) is 2. The molecule has 4 nitrogen and oxygen atoms in total. The minimum atomic E-state index is -0.0195. The fourth-order valence-electron chi connectivity index (χ4n) is 3.73. The Kier molecular flexibility index (Phi) is 4.89. The number of benzene rings is 1. The van der Waals surface area contributed by atoms with Crippen LogP contribution in [0.5, 0.6) is 0 Å². The van der Waals surface area contributed by atoms with Gasteiger partial charge in [0.1, 0.15) is 0 Å². The van der Waals surface area contributed by atoms with E-state index in [1.807, 2.05) is 42.6 Å². The van der Waals surface area contributed by atoms with Crippen molar-refractivity contribution >= 4 is 28.9 Å². The van der Waals surface area contributed by atoms with Crippen LogP contribution >= 0.6 is 23.8 Å². The topological polar surface area (TPSA) is 33.1 Å². The van der Waals surface area contributed by atoms with Gasteiger partial charge >= 0.3 is 0 Å². The number of aromatic nitrogens is 2. The van der Waals surface area contributed by atoms with Crippen LogP contribution < -0.4 is 5.32 Å². The van der Waals surface area contributed by atoms with Gasteiger partial charge in [0, 0.05) is 34.8 Å². The molecule has 0 radical (unpaired) electrons. The zero-order valence-electron chi connectivity index (χ0n) is 15.2. The molecule has 2 atom stereocenters. The van der Waals surface area contributed by atoms with Gasteiger partial charge in [0.25, 0.3) is 0 Å². The van der Waals surface area contributed by atoms with Crippen molar-refractivity contribution in [1.29, 1.82) is 0 Å². The van der Waals surface area contributed by atoms with Crippen molar-refractivity contribution in [3.63, 3.8) is 0 Å². The van der Waals surface area contributed by atoms with E-state index in [1.54, 1.807) is 0 Å². The lowest BCUT2D eigenvalue weighted by molar-refractivity contribution is 0.262. The molecule has 0 spiro atoms. The van der Waals surface area contributed by atoms with E-state index in [9.17, 15) is 0 Å². The van der Waals surface area contributed by atoms with Crippen LogP contribution in [0.2, 0.25) is 5.02 Å². The Morgan fingerprint density at radius 1 is 1.11 bits per heavy atom. The summed E-state index contributed by atoms with van der Waals surface area (Å²) < 4.78 is 2.18. The van der Waals surface area contributed by atoms with Crippen molar-refractivity contribution in [2.45, 2.75) is 32.0 Å². The first-order chi connectivity index (χ1) is 13.1. The number of thiocarbonyl (C=S) groups is 1. The van der Waals surface area contributed by atoms with Gasteiger partial charge in [0.05, 0.1) is 17.8 Å². The van der Waals surface area contributed by atoms with Gasteiger partial charge in [0.15, 0.2) is 5.11 Å². The molecule has 0 saturated carbocycles. The molecule has 1 aliphatic heterocycles. The third kappa shape index (κ3) is 3.33. The lowest BCUT2D eigenvalue weighted by Crippen LogP contribution is -2.36. The fourth-order valence-corrected chi connectivity index (χ4v) is 4.37. The van der Waals surface area contributed by atoms with E-state index in [0.717, 1.165) is 22.2 Å². The maximum Gasteiger partial charge on any atom is 0.170 e. The zero-order valence-corrected chi connectivity index (χ0v) is 16.8. The lowest BCUT2D eigenvalue weighted by Gasteiger charge is -2.31. The van der Waals surface area contributed by atoms with Gasteiger partial charge in [0.2, 0.25) is 0 Å². The maximum absolute atomic E-state index is 6.23. The minimum Gasteiger partial charge on any atom is -0.352 e. The maximum atomic E-state index is 6.23. The summed E-state index contributed by atoms with van der Waals surface area (Å²) in [6.07, 6.45) is 3.89. The van der Waals surface area contributed by atoms with E-state index in [2.05, 4.69) is 58.0 Å². The van der Waals surface area contributed by atoms with Gasteiger partial charge in [-0.1, -0.05) is 23.7 Å². The number of nitrogens with zero attached hydrogens (tertiary/aromatic N) is 3. The summed E-state index contributed by atoms with van der Waals surface area (Å²) in [5.74, 6) is 0. The first-order valence-corrected chi connectivity index (χ1v) is 9.78. The number of rotatable bonds is 4. The van der Waals surface area contributed by atoms with E-state index >= 15 is 0 Å². The van der Waals surface area contributed by atoms with Crippen molar-refractivity contribution in [2.75, 3.05) is 0 Å². The van der Waals surface area contributed by atoms with Crippen LogP contribution in [0.1, 0.15) is 37.3 Å². The average Bonchev–Trinajstić information content (AvgIpc) is 3.26. The Morgan fingerprint density at radius 3 is 2.67 bits per heavy atom. The van der Waals surface area contributed by atoms with Crippen LogP contribution in [-0.4, -0.2) is 25.6 Å². The Labute approximate surface area is 169 Å². The number of nitrogens with one attached hydrogen (secondary N) is 1. The summed E-state index contributed by atoms with van der Waals surface area (Å²) in [5.41, 5.74) is 3.16. The third-order valence-electron chi connectivity index (χ3n) is 4.86. The van der Waals surface area contributed by atoms with E-state index in [4.69, 9.17) is 23.8 Å². The average molecular weight is 397 g/mol. The molecule has 0 bridgehead atoms. The standard InChI is InChI=1S/C21H21ClN4S/c1-14(2)26-20(19(24-21(26)27)17-9-3-4-11-23-17)18-10-6-12-25(18)16-8-5-7-15(22)13-16/h3-14,19-20H,1-2H3,(H,24,27)/t19-,20-/m0/s1. The summed E-state index contributed by atoms with van der Waals surface area (Å²) in [4.78, 5) is 6.84. The molecule has 6 heteroatoms. The summed E-state index contributed by atoms with van der Waals surface area (Å²) in [6.45, 7) is 4.32. The highest BCUT2D eigenvalue weighted by Crippen LogP contribution is 2.40. The van der Waals surface area contributed by atoms with Crippen molar-refractivity contribution in [1.82, 2.24) is 19.8 Å². The smallest absolute Gasteiger partial charge is 0.170 e. The van der Waals surface area contributed by atoms with Crippen molar-refractivity contribution in [3.8, 4) is 5.69 Å². The summed E-state index contributed by atoms with van der Waals surface area (Å²) in [6, 6.07) is 18.3. The van der Waals surface area contributed by atoms with Gasteiger partial charge in [-0.25, -0.2) is 0 Å². The highest BCUT2D eigenvalue weighted by atomic mass is 35.5. The molecule has 138 valence electrons. The molecule has 4 rings (SSSR count). The van der Waals surface area contributed by atoms with Crippen LogP contribution in [0.15, 0.2) is 67.0 Å². The molecule has 27 heavy (non-hydrogen) atoms. The van der Waals surface area contributed by atoms with Gasteiger partial charge in [-0.2, -0.15) is 0 Å². The van der Waals surface area contributed by atoms with Crippen LogP contribution in [0.25, 0.3) is 5.69 Å². The molecule has 0 aliphatic carbocycles. The van der Waals surface area contributed by atoms with Gasteiger partial charge in [-0.3, -0.25) is 4.98 Å². The SMILES string of the molecule is CC(C)N1C(=S)N[C@@H](c2ccccn2)[C@@H]1c1cccn1-c1cccc(Cl)c1. The lowest BCUT2D eigenvalue weighted by atomic mass is 10.0.